The number of sulfonamides is 1. The average molecular weight is 537 g/mol. The predicted molar refractivity (Wildman–Crippen MR) is 141 cm³/mol. The first kappa shape index (κ1) is 22.7. The van der Waals surface area contributed by atoms with E-state index in [0.29, 0.717) is 15.4 Å². The van der Waals surface area contributed by atoms with Crippen LogP contribution in [0.5, 0.6) is 0 Å². The second kappa shape index (κ2) is 9.64. The van der Waals surface area contributed by atoms with Crippen LogP contribution in [-0.4, -0.2) is 32.2 Å². The summed E-state index contributed by atoms with van der Waals surface area (Å²) in [6.45, 7) is 0. The van der Waals surface area contributed by atoms with E-state index in [-0.39, 0.29) is 0 Å². The van der Waals surface area contributed by atoms with Gasteiger partial charge in [0.2, 0.25) is 0 Å². The van der Waals surface area contributed by atoms with Crippen molar-refractivity contribution in [2.24, 2.45) is 0 Å². The van der Waals surface area contributed by atoms with Gasteiger partial charge in [-0.3, -0.25) is 0 Å². The molecule has 5 aromatic rings. The molecule has 7 heteroatoms. The minimum atomic E-state index is -3.64. The zero-order valence-electron chi connectivity index (χ0n) is 18.1. The molecule has 0 unspecified atom stereocenters. The van der Waals surface area contributed by atoms with E-state index in [4.69, 9.17) is 0 Å². The summed E-state index contributed by atoms with van der Waals surface area (Å²) in [5.74, 6) is 0. The van der Waals surface area contributed by atoms with Gasteiger partial charge >= 0.3 is 214 Å². The first-order chi connectivity index (χ1) is 16.6. The van der Waals surface area contributed by atoms with Crippen LogP contribution in [0, 0.1) is 0 Å². The fourth-order valence-corrected chi connectivity index (χ4v) is 7.67. The first-order valence-corrected chi connectivity index (χ1v) is 14.0. The summed E-state index contributed by atoms with van der Waals surface area (Å²) >= 11 is 2.22. The van der Waals surface area contributed by atoms with Crippen LogP contribution in [0.2, 0.25) is 0 Å². The fourth-order valence-electron chi connectivity index (χ4n) is 3.84. The summed E-state index contributed by atoms with van der Waals surface area (Å²) in [4.78, 5) is 4.59. The number of fused-ring (bicyclic) bond motifs is 1. The maximum absolute atomic E-state index is 13.2. The Morgan fingerprint density at radius 2 is 1.50 bits per heavy atom. The molecule has 2 heterocycles. The third-order valence-electron chi connectivity index (χ3n) is 5.50. The molecule has 3 aromatic carbocycles. The Balaban J connectivity index is 1.68. The molecule has 34 heavy (non-hydrogen) atoms. The molecule has 0 amide bonds. The summed E-state index contributed by atoms with van der Waals surface area (Å²) in [5.41, 5.74) is 5.50. The maximum atomic E-state index is 13.2. The molecule has 0 saturated heterocycles. The molecule has 2 radical (unpaired) electrons. The van der Waals surface area contributed by atoms with Crippen LogP contribution in [-0.2, 0) is 10.0 Å². The number of pyridine rings is 1. The van der Waals surface area contributed by atoms with Gasteiger partial charge in [0.25, 0.3) is 0 Å². The molecule has 0 bridgehead atoms. The number of hydrogen-bond acceptors (Lipinski definition) is 4. The Morgan fingerprint density at radius 1 is 0.824 bits per heavy atom. The molecule has 164 valence electrons. The number of rotatable bonds is 6. The Labute approximate surface area is 213 Å². The van der Waals surface area contributed by atoms with Gasteiger partial charge in [-0.25, -0.2) is 0 Å². The molecule has 4 nitrogen and oxygen atoms in total. The van der Waals surface area contributed by atoms with Gasteiger partial charge in [0.05, 0.1) is 0 Å². The van der Waals surface area contributed by atoms with Gasteiger partial charge in [0.15, 0.2) is 0 Å². The third kappa shape index (κ3) is 4.35. The van der Waals surface area contributed by atoms with Gasteiger partial charge in [0, 0.05) is 0 Å². The van der Waals surface area contributed by atoms with Crippen molar-refractivity contribution in [3.8, 4) is 0 Å². The molecule has 5 rings (SSSR count). The van der Waals surface area contributed by atoms with E-state index in [2.05, 4.69) is 35.3 Å². The molecule has 0 saturated carbocycles. The Hall–Kier alpha value is -3.10. The second-order valence-corrected chi connectivity index (χ2v) is 12.5. The van der Waals surface area contributed by atoms with E-state index < -0.39 is 10.0 Å². The molecule has 0 aliphatic carbocycles. The first-order valence-electron chi connectivity index (χ1n) is 10.6. The summed E-state index contributed by atoms with van der Waals surface area (Å²) in [6.07, 6.45) is 3.85. The number of benzene rings is 3. The molecule has 0 aliphatic rings. The van der Waals surface area contributed by atoms with Crippen molar-refractivity contribution in [2.75, 3.05) is 3.01 Å². The standard InChI is InChI=1S/C27H19N2O2S2.Ga/c30-33(31,26-14-8-18-32-26)29-25-16-15-22(23-13-7-17-28-27(23)25)19-24(20-9-3-1-4-10-20)21-11-5-2-6-12-21;/h1-19H;/q-1;+1. The average Bonchev–Trinajstić information content (AvgIpc) is 3.44. The van der Waals surface area contributed by atoms with Crippen LogP contribution in [0.25, 0.3) is 22.6 Å². The normalized spacial score (nSPS) is 11.3. The van der Waals surface area contributed by atoms with Gasteiger partial charge in [-0.2, -0.15) is 0 Å². The van der Waals surface area contributed by atoms with Crippen LogP contribution in [0.1, 0.15) is 16.7 Å². The third-order valence-corrected chi connectivity index (χ3v) is 10.8. The summed E-state index contributed by atoms with van der Waals surface area (Å²) in [6, 6.07) is 31.6. The fraction of sp³-hybridized carbons (Fsp3) is 0. The van der Waals surface area contributed by atoms with E-state index >= 15 is 0 Å². The Bertz CT molecular complexity index is 1530. The van der Waals surface area contributed by atoms with E-state index in [1.54, 1.807) is 23.7 Å². The topological polar surface area (TPSA) is 50.3 Å². The molecule has 0 fully saturated rings. The van der Waals surface area contributed by atoms with Crippen LogP contribution < -0.4 is 3.01 Å². The van der Waals surface area contributed by atoms with Crippen molar-refractivity contribution < 1.29 is 8.42 Å². The van der Waals surface area contributed by atoms with Gasteiger partial charge in [-0.1, -0.05) is 0 Å². The van der Waals surface area contributed by atoms with Gasteiger partial charge in [-0.15, -0.1) is 0 Å². The molecule has 0 atom stereocenters. The number of anilines is 1. The molecular weight excluding hydrogens is 518 g/mol. The minimum absolute atomic E-state index is 0.320. The van der Waals surface area contributed by atoms with Gasteiger partial charge in [-0.05, 0) is 0 Å². The Morgan fingerprint density at radius 3 is 2.12 bits per heavy atom. The molecule has 2 aromatic heterocycles. The van der Waals surface area contributed by atoms with Crippen LogP contribution in [0.15, 0.2) is 113 Å². The summed E-state index contributed by atoms with van der Waals surface area (Å²) < 4.78 is 28.1. The molecule has 0 N–H and O–H groups in total. The van der Waals surface area contributed by atoms with Gasteiger partial charge < -0.3 is 0 Å². The second-order valence-electron chi connectivity index (χ2n) is 7.60. The number of thiophene rings is 1. The van der Waals surface area contributed by atoms with E-state index in [1.807, 2.05) is 60.7 Å². The molecule has 0 aliphatic heterocycles. The van der Waals surface area contributed by atoms with Crippen molar-refractivity contribution in [1.82, 2.24) is 4.98 Å². The van der Waals surface area contributed by atoms with Crippen molar-refractivity contribution in [3.63, 3.8) is 0 Å². The SMILES string of the molecule is O=S(=O)(c1cccs1)[N]([Ga])c1ccc(C=C(c2ccccc2)c2ccccc2)c2cccnc12. The molecular formula is C27H19GaN2O2S2. The monoisotopic (exact) mass is 536 g/mol. The summed E-state index contributed by atoms with van der Waals surface area (Å²) in [7, 11) is -3.64. The van der Waals surface area contributed by atoms with Crippen molar-refractivity contribution >= 4 is 68.4 Å². The number of hydrogen-bond donors (Lipinski definition) is 0. The predicted octanol–water partition coefficient (Wildman–Crippen LogP) is 6.16. The van der Waals surface area contributed by atoms with Crippen molar-refractivity contribution in [2.45, 2.75) is 4.21 Å². The molecule has 0 spiro atoms. The van der Waals surface area contributed by atoms with E-state index in [0.717, 1.165) is 46.5 Å². The van der Waals surface area contributed by atoms with Crippen molar-refractivity contribution in [3.05, 3.63) is 125 Å². The van der Waals surface area contributed by atoms with Crippen LogP contribution >= 0.6 is 11.3 Å². The van der Waals surface area contributed by atoms with Crippen molar-refractivity contribution in [1.29, 1.82) is 0 Å². The zero-order valence-corrected chi connectivity index (χ0v) is 22.1. The van der Waals surface area contributed by atoms with E-state index in [1.165, 1.54) is 14.3 Å². The number of aromatic nitrogens is 1. The van der Waals surface area contributed by atoms with Crippen LogP contribution in [0.3, 0.4) is 0 Å². The van der Waals surface area contributed by atoms with E-state index in [9.17, 15) is 8.42 Å². The zero-order chi connectivity index (χ0) is 23.5. The van der Waals surface area contributed by atoms with Crippen LogP contribution in [0.4, 0.5) is 5.69 Å². The van der Waals surface area contributed by atoms with Gasteiger partial charge in [0.1, 0.15) is 0 Å². The quantitative estimate of drug-likeness (QED) is 0.193. The Kier molecular flexibility index (Phi) is 6.43. The summed E-state index contributed by atoms with van der Waals surface area (Å²) in [5, 5.41) is 2.67. The number of nitrogens with zero attached hydrogens (tertiary/aromatic N) is 2.